The first-order valence-electron chi connectivity index (χ1n) is 10.7. The van der Waals surface area contributed by atoms with Crippen LogP contribution in [0.4, 0.5) is 0 Å². The molecular weight excluding hydrogens is 458 g/mol. The Morgan fingerprint density at radius 1 is 1.10 bits per heavy atom. The molecule has 31 heavy (non-hydrogen) atoms. The second kappa shape index (κ2) is 10.1. The smallest absolute Gasteiger partial charge is 0.295 e. The number of aliphatic hydroxyl groups is 1. The van der Waals surface area contributed by atoms with Gasteiger partial charge in [-0.1, -0.05) is 54.4 Å². The van der Waals surface area contributed by atoms with Crippen LogP contribution in [0.2, 0.25) is 0 Å². The second-order valence-electron chi connectivity index (χ2n) is 7.73. The molecule has 3 rings (SSSR count). The first kappa shape index (κ1) is 23.1. The Bertz CT molecular complexity index is 997. The van der Waals surface area contributed by atoms with Crippen LogP contribution in [0.3, 0.4) is 0 Å². The molecule has 0 aromatic heterocycles. The van der Waals surface area contributed by atoms with Gasteiger partial charge in [0.05, 0.1) is 18.2 Å². The minimum absolute atomic E-state index is 0.130. The van der Waals surface area contributed by atoms with E-state index in [1.807, 2.05) is 51.1 Å². The maximum Gasteiger partial charge on any atom is 0.295 e. The van der Waals surface area contributed by atoms with Crippen LogP contribution in [0, 0.1) is 6.92 Å². The van der Waals surface area contributed by atoms with E-state index < -0.39 is 17.7 Å². The normalized spacial score (nSPS) is 17.9. The Morgan fingerprint density at radius 3 is 2.42 bits per heavy atom. The molecule has 0 bridgehead atoms. The molecule has 1 aliphatic rings. The number of hydrogen-bond donors (Lipinski definition) is 1. The summed E-state index contributed by atoms with van der Waals surface area (Å²) in [7, 11) is 0. The number of aliphatic hydroxyl groups excluding tert-OH is 1. The molecule has 1 amide bonds. The van der Waals surface area contributed by atoms with Crippen LogP contribution in [0.25, 0.3) is 5.76 Å². The summed E-state index contributed by atoms with van der Waals surface area (Å²) in [6.45, 7) is 7.07. The van der Waals surface area contributed by atoms with Crippen LogP contribution in [0.5, 0.6) is 5.75 Å². The summed E-state index contributed by atoms with van der Waals surface area (Å²) >= 11 is 3.46. The third kappa shape index (κ3) is 4.85. The summed E-state index contributed by atoms with van der Waals surface area (Å²) in [6.07, 6.45) is 2.58. The molecule has 0 spiro atoms. The standard InChI is InChI=1S/C25H28BrNO4/c1-4-6-13-27-22(17-7-10-19(11-8-17)31-14-5-2)21(24(29)25(27)30)23(28)18-9-12-20(26)16(3)15-18/h7-12,15,22,28H,4-6,13-14H2,1-3H3/b23-21-. The Labute approximate surface area is 191 Å². The molecule has 6 heteroatoms. The summed E-state index contributed by atoms with van der Waals surface area (Å²) in [5.74, 6) is -0.630. The number of benzene rings is 2. The van der Waals surface area contributed by atoms with Crippen molar-refractivity contribution in [2.24, 2.45) is 0 Å². The van der Waals surface area contributed by atoms with Gasteiger partial charge in [0, 0.05) is 16.6 Å². The van der Waals surface area contributed by atoms with E-state index in [0.29, 0.717) is 18.7 Å². The van der Waals surface area contributed by atoms with Crippen molar-refractivity contribution in [2.75, 3.05) is 13.2 Å². The fourth-order valence-electron chi connectivity index (χ4n) is 3.70. The van der Waals surface area contributed by atoms with Gasteiger partial charge in [-0.15, -0.1) is 0 Å². The molecular formula is C25H28BrNO4. The van der Waals surface area contributed by atoms with E-state index in [0.717, 1.165) is 40.6 Å². The largest absolute Gasteiger partial charge is 0.507 e. The van der Waals surface area contributed by atoms with E-state index in [-0.39, 0.29) is 11.3 Å². The maximum atomic E-state index is 13.0. The average Bonchev–Trinajstić information content (AvgIpc) is 3.02. The van der Waals surface area contributed by atoms with E-state index in [9.17, 15) is 14.7 Å². The Kier molecular flexibility index (Phi) is 7.55. The first-order valence-corrected chi connectivity index (χ1v) is 11.5. The fourth-order valence-corrected chi connectivity index (χ4v) is 3.95. The van der Waals surface area contributed by atoms with Crippen molar-refractivity contribution in [1.29, 1.82) is 0 Å². The number of carbonyl (C=O) groups is 2. The molecule has 1 saturated heterocycles. The van der Waals surface area contributed by atoms with E-state index in [1.165, 1.54) is 0 Å². The molecule has 1 fully saturated rings. The van der Waals surface area contributed by atoms with Crippen LogP contribution in [-0.4, -0.2) is 34.8 Å². The van der Waals surface area contributed by atoms with Crippen LogP contribution in [-0.2, 0) is 9.59 Å². The Balaban J connectivity index is 2.09. The van der Waals surface area contributed by atoms with Crippen molar-refractivity contribution >= 4 is 33.4 Å². The monoisotopic (exact) mass is 485 g/mol. The van der Waals surface area contributed by atoms with E-state index >= 15 is 0 Å². The number of ether oxygens (including phenoxy) is 1. The van der Waals surface area contributed by atoms with Gasteiger partial charge >= 0.3 is 0 Å². The minimum Gasteiger partial charge on any atom is -0.507 e. The highest BCUT2D eigenvalue weighted by Crippen LogP contribution is 2.40. The number of nitrogens with zero attached hydrogens (tertiary/aromatic N) is 1. The Morgan fingerprint density at radius 2 is 1.81 bits per heavy atom. The minimum atomic E-state index is -0.648. The van der Waals surface area contributed by atoms with Crippen molar-refractivity contribution in [3.05, 3.63) is 69.2 Å². The quantitative estimate of drug-likeness (QED) is 0.292. The average molecular weight is 486 g/mol. The highest BCUT2D eigenvalue weighted by atomic mass is 79.9. The number of ketones is 1. The van der Waals surface area contributed by atoms with Crippen LogP contribution in [0.15, 0.2) is 52.5 Å². The van der Waals surface area contributed by atoms with Gasteiger partial charge in [0.2, 0.25) is 0 Å². The molecule has 5 nitrogen and oxygen atoms in total. The zero-order chi connectivity index (χ0) is 22.5. The molecule has 0 saturated carbocycles. The summed E-state index contributed by atoms with van der Waals surface area (Å²) in [5, 5.41) is 11.1. The van der Waals surface area contributed by atoms with Gasteiger partial charge in [-0.25, -0.2) is 0 Å². The van der Waals surface area contributed by atoms with E-state index in [4.69, 9.17) is 4.74 Å². The van der Waals surface area contributed by atoms with Crippen molar-refractivity contribution in [2.45, 2.75) is 46.1 Å². The molecule has 0 radical (unpaired) electrons. The van der Waals surface area contributed by atoms with Gasteiger partial charge in [-0.2, -0.15) is 0 Å². The van der Waals surface area contributed by atoms with Crippen molar-refractivity contribution in [1.82, 2.24) is 4.90 Å². The molecule has 164 valence electrons. The van der Waals surface area contributed by atoms with Gasteiger partial charge in [0.25, 0.3) is 11.7 Å². The van der Waals surface area contributed by atoms with Crippen LogP contribution < -0.4 is 4.74 Å². The molecule has 1 heterocycles. The number of hydrogen-bond acceptors (Lipinski definition) is 4. The highest BCUT2D eigenvalue weighted by molar-refractivity contribution is 9.10. The van der Waals surface area contributed by atoms with Crippen molar-refractivity contribution in [3.8, 4) is 5.75 Å². The number of carbonyl (C=O) groups excluding carboxylic acids is 2. The second-order valence-corrected chi connectivity index (χ2v) is 8.58. The summed E-state index contributed by atoms with van der Waals surface area (Å²) in [6, 6.07) is 12.1. The summed E-state index contributed by atoms with van der Waals surface area (Å²) < 4.78 is 6.57. The predicted octanol–water partition coefficient (Wildman–Crippen LogP) is 5.77. The lowest BCUT2D eigenvalue weighted by molar-refractivity contribution is -0.139. The summed E-state index contributed by atoms with van der Waals surface area (Å²) in [5.41, 5.74) is 2.35. The zero-order valence-corrected chi connectivity index (χ0v) is 19.7. The van der Waals surface area contributed by atoms with E-state index in [1.54, 1.807) is 17.0 Å². The van der Waals surface area contributed by atoms with Gasteiger partial charge in [-0.3, -0.25) is 9.59 Å². The van der Waals surface area contributed by atoms with Crippen LogP contribution >= 0.6 is 15.9 Å². The fraction of sp³-hybridized carbons (Fsp3) is 0.360. The summed E-state index contributed by atoms with van der Waals surface area (Å²) in [4.78, 5) is 27.4. The maximum absolute atomic E-state index is 13.0. The van der Waals surface area contributed by atoms with Gasteiger partial charge in [0.1, 0.15) is 11.5 Å². The third-order valence-electron chi connectivity index (χ3n) is 5.39. The van der Waals surface area contributed by atoms with Gasteiger partial charge in [0.15, 0.2) is 0 Å². The zero-order valence-electron chi connectivity index (χ0n) is 18.2. The van der Waals surface area contributed by atoms with E-state index in [2.05, 4.69) is 15.9 Å². The third-order valence-corrected chi connectivity index (χ3v) is 6.28. The van der Waals surface area contributed by atoms with Crippen LogP contribution in [0.1, 0.15) is 55.8 Å². The number of rotatable bonds is 8. The van der Waals surface area contributed by atoms with Crippen molar-refractivity contribution < 1.29 is 19.4 Å². The number of halogens is 1. The lowest BCUT2D eigenvalue weighted by atomic mass is 9.94. The molecule has 2 aromatic carbocycles. The first-order chi connectivity index (χ1) is 14.9. The lowest BCUT2D eigenvalue weighted by Crippen LogP contribution is -2.30. The SMILES string of the molecule is CCCCN1C(=O)C(=O)/C(=C(\O)c2ccc(Br)c(C)c2)C1c1ccc(OCCC)cc1. The number of amides is 1. The molecule has 1 aliphatic heterocycles. The number of likely N-dealkylation sites (tertiary alicyclic amines) is 1. The molecule has 1 atom stereocenters. The molecule has 2 aromatic rings. The predicted molar refractivity (Wildman–Crippen MR) is 125 cm³/mol. The molecule has 1 unspecified atom stereocenters. The van der Waals surface area contributed by atoms with Crippen molar-refractivity contribution in [3.63, 3.8) is 0 Å². The molecule has 1 N–H and O–H groups in total. The topological polar surface area (TPSA) is 66.8 Å². The number of Topliss-reactive ketones (excluding diaryl/α,β-unsaturated/α-hetero) is 1. The number of unbranched alkanes of at least 4 members (excludes halogenated alkanes) is 1. The van der Waals surface area contributed by atoms with Gasteiger partial charge < -0.3 is 14.7 Å². The Hall–Kier alpha value is -2.60. The number of aryl methyl sites for hydroxylation is 1. The lowest BCUT2D eigenvalue weighted by Gasteiger charge is -2.25. The van der Waals surface area contributed by atoms with Gasteiger partial charge in [-0.05, 0) is 55.2 Å². The molecule has 0 aliphatic carbocycles. The highest BCUT2D eigenvalue weighted by Gasteiger charge is 2.45.